The van der Waals surface area contributed by atoms with Gasteiger partial charge in [-0.25, -0.2) is 4.68 Å². The summed E-state index contributed by atoms with van der Waals surface area (Å²) in [6, 6.07) is 9.48. The summed E-state index contributed by atoms with van der Waals surface area (Å²) in [7, 11) is 0. The maximum Gasteiger partial charge on any atom is 0.418 e. The van der Waals surface area contributed by atoms with Crippen LogP contribution in [0.1, 0.15) is 16.8 Å². The fourth-order valence-electron chi connectivity index (χ4n) is 3.06. The average molecular weight is 349 g/mol. The Kier molecular flexibility index (Phi) is 3.69. The standard InChI is InChI=1S/C17H14F3N3S/c18-17(19,20)12-4-1-2-5-14(12)23-13-7-8-21-10-11(13)16(22-23)15-6-3-9-24-15/h1-6,9,21H,7-8,10H2. The number of alkyl halides is 3. The van der Waals surface area contributed by atoms with Crippen LogP contribution in [-0.4, -0.2) is 16.3 Å². The molecule has 0 amide bonds. The van der Waals surface area contributed by atoms with Gasteiger partial charge in [-0.3, -0.25) is 0 Å². The molecule has 0 radical (unpaired) electrons. The maximum absolute atomic E-state index is 13.4. The molecule has 3 heterocycles. The second-order valence-corrected chi connectivity index (χ2v) is 6.55. The number of thiophene rings is 1. The number of benzene rings is 1. The third kappa shape index (κ3) is 2.53. The highest BCUT2D eigenvalue weighted by Crippen LogP contribution is 2.37. The lowest BCUT2D eigenvalue weighted by atomic mass is 10.1. The van der Waals surface area contributed by atoms with Crippen molar-refractivity contribution in [2.45, 2.75) is 19.1 Å². The molecule has 3 aromatic rings. The maximum atomic E-state index is 13.4. The molecule has 1 aliphatic heterocycles. The Morgan fingerprint density at radius 2 is 1.96 bits per heavy atom. The molecule has 124 valence electrons. The predicted molar refractivity (Wildman–Crippen MR) is 87.3 cm³/mol. The molecule has 3 nitrogen and oxygen atoms in total. The zero-order chi connectivity index (χ0) is 16.7. The molecule has 1 aliphatic rings. The number of fused-ring (bicyclic) bond motifs is 1. The third-order valence-corrected chi connectivity index (χ3v) is 5.00. The van der Waals surface area contributed by atoms with Gasteiger partial charge in [0.25, 0.3) is 0 Å². The van der Waals surface area contributed by atoms with Crippen LogP contribution in [0.5, 0.6) is 0 Å². The summed E-state index contributed by atoms with van der Waals surface area (Å²) < 4.78 is 41.7. The summed E-state index contributed by atoms with van der Waals surface area (Å²) in [6.45, 7) is 1.35. The molecular weight excluding hydrogens is 335 g/mol. The van der Waals surface area contributed by atoms with Crippen molar-refractivity contribution in [3.63, 3.8) is 0 Å². The van der Waals surface area contributed by atoms with Crippen LogP contribution < -0.4 is 5.32 Å². The zero-order valence-corrected chi connectivity index (χ0v) is 13.4. The van der Waals surface area contributed by atoms with Gasteiger partial charge in [-0.1, -0.05) is 18.2 Å². The summed E-state index contributed by atoms with van der Waals surface area (Å²) in [5.74, 6) is 0. The van der Waals surface area contributed by atoms with Crippen LogP contribution in [0.2, 0.25) is 0 Å². The van der Waals surface area contributed by atoms with E-state index >= 15 is 0 Å². The molecule has 0 aliphatic carbocycles. The number of nitrogens with one attached hydrogen (secondary N) is 1. The molecule has 1 N–H and O–H groups in total. The third-order valence-electron chi connectivity index (χ3n) is 4.12. The molecular formula is C17H14F3N3S. The highest BCUT2D eigenvalue weighted by atomic mass is 32.1. The van der Waals surface area contributed by atoms with Gasteiger partial charge in [0, 0.05) is 25.1 Å². The molecule has 24 heavy (non-hydrogen) atoms. The summed E-state index contributed by atoms with van der Waals surface area (Å²) >= 11 is 1.54. The number of rotatable bonds is 2. The van der Waals surface area contributed by atoms with E-state index in [9.17, 15) is 13.2 Å². The van der Waals surface area contributed by atoms with Crippen LogP contribution in [-0.2, 0) is 19.1 Å². The molecule has 0 atom stereocenters. The van der Waals surface area contributed by atoms with Crippen molar-refractivity contribution in [3.8, 4) is 16.3 Å². The number of aromatic nitrogens is 2. The average Bonchev–Trinajstić information content (AvgIpc) is 3.21. The number of hydrogen-bond acceptors (Lipinski definition) is 3. The van der Waals surface area contributed by atoms with Gasteiger partial charge >= 0.3 is 6.18 Å². The largest absolute Gasteiger partial charge is 0.418 e. The minimum Gasteiger partial charge on any atom is -0.312 e. The lowest BCUT2D eigenvalue weighted by Crippen LogP contribution is -2.25. The Morgan fingerprint density at radius 1 is 1.12 bits per heavy atom. The summed E-state index contributed by atoms with van der Waals surface area (Å²) in [4.78, 5) is 0.971. The van der Waals surface area contributed by atoms with E-state index in [1.165, 1.54) is 16.8 Å². The van der Waals surface area contributed by atoms with Crippen LogP contribution in [0.15, 0.2) is 41.8 Å². The molecule has 0 unspecified atom stereocenters. The molecule has 0 saturated carbocycles. The molecule has 2 aromatic heterocycles. The molecule has 7 heteroatoms. The van der Waals surface area contributed by atoms with E-state index in [1.54, 1.807) is 17.4 Å². The van der Waals surface area contributed by atoms with Crippen molar-refractivity contribution in [1.29, 1.82) is 0 Å². The van der Waals surface area contributed by atoms with Crippen molar-refractivity contribution >= 4 is 11.3 Å². The first-order chi connectivity index (χ1) is 11.6. The summed E-state index contributed by atoms with van der Waals surface area (Å²) in [6.07, 6.45) is -3.76. The van der Waals surface area contributed by atoms with Crippen molar-refractivity contribution < 1.29 is 13.2 Å². The Balaban J connectivity index is 1.95. The van der Waals surface area contributed by atoms with Gasteiger partial charge in [-0.15, -0.1) is 11.3 Å². The number of hydrogen-bond donors (Lipinski definition) is 1. The minimum atomic E-state index is -4.41. The molecule has 0 bridgehead atoms. The van der Waals surface area contributed by atoms with Gasteiger partial charge in [0.1, 0.15) is 5.69 Å². The lowest BCUT2D eigenvalue weighted by Gasteiger charge is -2.18. The van der Waals surface area contributed by atoms with Crippen LogP contribution in [0, 0.1) is 0 Å². The Morgan fingerprint density at radius 3 is 2.71 bits per heavy atom. The Labute approximate surface area is 140 Å². The van der Waals surface area contributed by atoms with Gasteiger partial charge in [0.05, 0.1) is 21.8 Å². The van der Waals surface area contributed by atoms with E-state index in [2.05, 4.69) is 10.4 Å². The smallest absolute Gasteiger partial charge is 0.312 e. The first-order valence-corrected chi connectivity index (χ1v) is 8.45. The van der Waals surface area contributed by atoms with E-state index in [1.807, 2.05) is 17.5 Å². The van der Waals surface area contributed by atoms with Crippen LogP contribution in [0.3, 0.4) is 0 Å². The van der Waals surface area contributed by atoms with Crippen LogP contribution >= 0.6 is 11.3 Å². The second kappa shape index (κ2) is 5.75. The highest BCUT2D eigenvalue weighted by Gasteiger charge is 2.35. The SMILES string of the molecule is FC(F)(F)c1ccccc1-n1nc(-c2cccs2)c2c1CCNC2. The topological polar surface area (TPSA) is 29.9 Å². The van der Waals surface area contributed by atoms with Crippen molar-refractivity contribution in [3.05, 3.63) is 58.6 Å². The van der Waals surface area contributed by atoms with Crippen LogP contribution in [0.4, 0.5) is 13.2 Å². The van der Waals surface area contributed by atoms with E-state index in [-0.39, 0.29) is 5.69 Å². The van der Waals surface area contributed by atoms with Gasteiger partial charge in [-0.2, -0.15) is 18.3 Å². The van der Waals surface area contributed by atoms with E-state index in [4.69, 9.17) is 0 Å². The highest BCUT2D eigenvalue weighted by molar-refractivity contribution is 7.13. The first-order valence-electron chi connectivity index (χ1n) is 7.57. The van der Waals surface area contributed by atoms with Gasteiger partial charge < -0.3 is 5.32 Å². The zero-order valence-electron chi connectivity index (χ0n) is 12.6. The molecule has 4 rings (SSSR count). The van der Waals surface area contributed by atoms with Crippen molar-refractivity contribution in [1.82, 2.24) is 15.1 Å². The number of para-hydroxylation sites is 1. The molecule has 0 fully saturated rings. The second-order valence-electron chi connectivity index (χ2n) is 5.60. The molecule has 0 saturated heterocycles. The molecule has 1 aromatic carbocycles. The Bertz CT molecular complexity index is 866. The van der Waals surface area contributed by atoms with E-state index < -0.39 is 11.7 Å². The quantitative estimate of drug-likeness (QED) is 0.749. The molecule has 0 spiro atoms. The number of nitrogens with zero attached hydrogens (tertiary/aromatic N) is 2. The summed E-state index contributed by atoms with van der Waals surface area (Å²) in [5, 5.41) is 9.79. The fourth-order valence-corrected chi connectivity index (χ4v) is 3.79. The summed E-state index contributed by atoms with van der Waals surface area (Å²) in [5.41, 5.74) is 2.04. The van der Waals surface area contributed by atoms with Gasteiger partial charge in [0.2, 0.25) is 0 Å². The van der Waals surface area contributed by atoms with Crippen LogP contribution in [0.25, 0.3) is 16.3 Å². The van der Waals surface area contributed by atoms with Gasteiger partial charge in [-0.05, 0) is 23.6 Å². The predicted octanol–water partition coefficient (Wildman–Crippen LogP) is 4.27. The first kappa shape index (κ1) is 15.4. The monoisotopic (exact) mass is 349 g/mol. The van der Waals surface area contributed by atoms with Crippen molar-refractivity contribution in [2.24, 2.45) is 0 Å². The lowest BCUT2D eigenvalue weighted by molar-refractivity contribution is -0.137. The fraction of sp³-hybridized carbons (Fsp3) is 0.235. The minimum absolute atomic E-state index is 0.0888. The Hall–Kier alpha value is -2.12. The van der Waals surface area contributed by atoms with E-state index in [0.717, 1.165) is 34.4 Å². The number of halogens is 3. The van der Waals surface area contributed by atoms with E-state index in [0.29, 0.717) is 13.0 Å². The van der Waals surface area contributed by atoms with Gasteiger partial charge in [0.15, 0.2) is 0 Å². The normalized spacial score (nSPS) is 14.6. The van der Waals surface area contributed by atoms with Crippen molar-refractivity contribution in [2.75, 3.05) is 6.54 Å².